The second kappa shape index (κ2) is 5.11. The summed E-state index contributed by atoms with van der Waals surface area (Å²) in [5.74, 6) is 0.0638. The van der Waals surface area contributed by atoms with Gasteiger partial charge in [-0.15, -0.1) is 5.10 Å². The van der Waals surface area contributed by atoms with Crippen LogP contribution in [0.3, 0.4) is 0 Å². The Bertz CT molecular complexity index is 298. The molecule has 0 aromatic heterocycles. The smallest absolute Gasteiger partial charge is 0.208 e. The molecule has 4 heteroatoms. The van der Waals surface area contributed by atoms with E-state index in [0.29, 0.717) is 0 Å². The molecular weight excluding hydrogens is 176 g/mol. The first-order chi connectivity index (χ1) is 6.68. The normalized spacial score (nSPS) is 9.50. The van der Waals surface area contributed by atoms with E-state index in [4.69, 9.17) is 11.5 Å². The number of benzene rings is 1. The molecule has 4 nitrogen and oxygen atoms in total. The van der Waals surface area contributed by atoms with Crippen LogP contribution in [-0.2, 0) is 6.42 Å². The van der Waals surface area contributed by atoms with Crippen molar-refractivity contribution < 1.29 is 0 Å². The Labute approximate surface area is 84.0 Å². The quantitative estimate of drug-likeness (QED) is 0.278. The average Bonchev–Trinajstić information content (AvgIpc) is 2.15. The van der Waals surface area contributed by atoms with E-state index in [-0.39, 0.29) is 5.96 Å². The molecule has 0 bridgehead atoms. The summed E-state index contributed by atoms with van der Waals surface area (Å²) in [4.78, 5) is 0. The topological polar surface area (TPSA) is 76.4 Å². The highest BCUT2D eigenvalue weighted by Crippen LogP contribution is 2.02. The highest BCUT2D eigenvalue weighted by atomic mass is 15.3. The van der Waals surface area contributed by atoms with E-state index in [9.17, 15) is 0 Å². The summed E-state index contributed by atoms with van der Waals surface area (Å²) >= 11 is 0. The number of hydrazone groups is 1. The van der Waals surface area contributed by atoms with Crippen LogP contribution in [0.2, 0.25) is 0 Å². The van der Waals surface area contributed by atoms with Crippen LogP contribution in [0, 0.1) is 6.92 Å². The SMILES string of the molecule is Cc1ccc(CCNN=C(N)N)cc1. The van der Waals surface area contributed by atoms with Crippen LogP contribution < -0.4 is 16.9 Å². The lowest BCUT2D eigenvalue weighted by Gasteiger charge is -2.02. The van der Waals surface area contributed by atoms with Gasteiger partial charge in [-0.25, -0.2) is 0 Å². The molecule has 0 aliphatic carbocycles. The molecule has 1 rings (SSSR count). The summed E-state index contributed by atoms with van der Waals surface area (Å²) in [7, 11) is 0. The fourth-order valence-electron chi connectivity index (χ4n) is 1.10. The molecule has 0 saturated carbocycles. The van der Waals surface area contributed by atoms with Gasteiger partial charge in [0.1, 0.15) is 0 Å². The molecule has 0 aliphatic rings. The summed E-state index contributed by atoms with van der Waals surface area (Å²) in [6, 6.07) is 8.39. The molecule has 0 heterocycles. The standard InChI is InChI=1S/C10H16N4/c1-8-2-4-9(5-3-8)6-7-13-14-10(11)12/h2-5,13H,6-7H2,1H3,(H4,11,12,14). The van der Waals surface area contributed by atoms with E-state index in [2.05, 4.69) is 41.7 Å². The summed E-state index contributed by atoms with van der Waals surface area (Å²) < 4.78 is 0. The minimum absolute atomic E-state index is 0.0638. The maximum atomic E-state index is 5.16. The Morgan fingerprint density at radius 2 is 1.93 bits per heavy atom. The van der Waals surface area contributed by atoms with Crippen molar-refractivity contribution in [1.29, 1.82) is 0 Å². The number of aryl methyl sites for hydroxylation is 1. The molecule has 0 unspecified atom stereocenters. The lowest BCUT2D eigenvalue weighted by molar-refractivity contribution is 0.728. The zero-order chi connectivity index (χ0) is 10.4. The third-order valence-corrected chi connectivity index (χ3v) is 1.85. The molecule has 1 aromatic carbocycles. The fraction of sp³-hybridized carbons (Fsp3) is 0.300. The van der Waals surface area contributed by atoms with Crippen molar-refractivity contribution in [2.75, 3.05) is 6.54 Å². The largest absolute Gasteiger partial charge is 0.369 e. The van der Waals surface area contributed by atoms with Crippen molar-refractivity contribution in [3.8, 4) is 0 Å². The molecular formula is C10H16N4. The number of guanidine groups is 1. The summed E-state index contributed by atoms with van der Waals surface area (Å²) in [5.41, 5.74) is 15.6. The Kier molecular flexibility index (Phi) is 3.79. The zero-order valence-corrected chi connectivity index (χ0v) is 8.33. The van der Waals surface area contributed by atoms with Crippen LogP contribution in [0.25, 0.3) is 0 Å². The van der Waals surface area contributed by atoms with Crippen LogP contribution in [0.4, 0.5) is 0 Å². The molecule has 14 heavy (non-hydrogen) atoms. The first-order valence-electron chi connectivity index (χ1n) is 4.55. The highest BCUT2D eigenvalue weighted by molar-refractivity contribution is 5.75. The number of nitrogens with zero attached hydrogens (tertiary/aromatic N) is 1. The maximum absolute atomic E-state index is 5.16. The van der Waals surface area contributed by atoms with E-state index < -0.39 is 0 Å². The van der Waals surface area contributed by atoms with E-state index in [0.717, 1.165) is 13.0 Å². The van der Waals surface area contributed by atoms with Crippen molar-refractivity contribution in [3.05, 3.63) is 35.4 Å². The molecule has 1 aromatic rings. The van der Waals surface area contributed by atoms with Gasteiger partial charge in [0.15, 0.2) is 0 Å². The summed E-state index contributed by atoms with van der Waals surface area (Å²) in [6.45, 7) is 2.81. The Hall–Kier alpha value is -1.71. The average molecular weight is 192 g/mol. The van der Waals surface area contributed by atoms with Crippen LogP contribution in [0.5, 0.6) is 0 Å². The van der Waals surface area contributed by atoms with E-state index in [1.807, 2.05) is 0 Å². The van der Waals surface area contributed by atoms with Gasteiger partial charge in [-0.1, -0.05) is 29.8 Å². The van der Waals surface area contributed by atoms with E-state index in [1.54, 1.807) is 0 Å². The second-order valence-corrected chi connectivity index (χ2v) is 3.18. The van der Waals surface area contributed by atoms with Gasteiger partial charge < -0.3 is 16.9 Å². The van der Waals surface area contributed by atoms with Gasteiger partial charge in [0.2, 0.25) is 5.96 Å². The zero-order valence-electron chi connectivity index (χ0n) is 8.33. The van der Waals surface area contributed by atoms with Crippen LogP contribution in [-0.4, -0.2) is 12.5 Å². The van der Waals surface area contributed by atoms with Crippen molar-refractivity contribution >= 4 is 5.96 Å². The first kappa shape index (κ1) is 10.4. The number of hydrogen-bond donors (Lipinski definition) is 3. The van der Waals surface area contributed by atoms with Gasteiger partial charge in [0, 0.05) is 6.54 Å². The Morgan fingerprint density at radius 3 is 2.50 bits per heavy atom. The molecule has 0 radical (unpaired) electrons. The second-order valence-electron chi connectivity index (χ2n) is 3.18. The lowest BCUT2D eigenvalue weighted by Crippen LogP contribution is -2.27. The molecule has 0 spiro atoms. The van der Waals surface area contributed by atoms with Crippen LogP contribution >= 0.6 is 0 Å². The molecule has 5 N–H and O–H groups in total. The van der Waals surface area contributed by atoms with Crippen LogP contribution in [0.15, 0.2) is 29.4 Å². The van der Waals surface area contributed by atoms with Gasteiger partial charge in [0.25, 0.3) is 0 Å². The van der Waals surface area contributed by atoms with Gasteiger partial charge in [-0.3, -0.25) is 0 Å². The van der Waals surface area contributed by atoms with Gasteiger partial charge in [-0.2, -0.15) is 0 Å². The first-order valence-corrected chi connectivity index (χ1v) is 4.55. The molecule has 0 fully saturated rings. The summed E-state index contributed by atoms with van der Waals surface area (Å²) in [5, 5.41) is 3.68. The maximum Gasteiger partial charge on any atom is 0.208 e. The third-order valence-electron chi connectivity index (χ3n) is 1.85. The van der Waals surface area contributed by atoms with Crippen molar-refractivity contribution in [2.45, 2.75) is 13.3 Å². The molecule has 0 atom stereocenters. The van der Waals surface area contributed by atoms with E-state index in [1.165, 1.54) is 11.1 Å². The van der Waals surface area contributed by atoms with Crippen LogP contribution in [0.1, 0.15) is 11.1 Å². The number of nitrogens with two attached hydrogens (primary N) is 2. The van der Waals surface area contributed by atoms with Gasteiger partial charge in [-0.05, 0) is 18.9 Å². The fourth-order valence-corrected chi connectivity index (χ4v) is 1.10. The number of nitrogens with one attached hydrogen (secondary N) is 1. The van der Waals surface area contributed by atoms with Gasteiger partial charge in [0.05, 0.1) is 0 Å². The Morgan fingerprint density at radius 1 is 1.29 bits per heavy atom. The molecule has 0 amide bonds. The van der Waals surface area contributed by atoms with E-state index >= 15 is 0 Å². The predicted octanol–water partition coefficient (Wildman–Crippen LogP) is 0.316. The monoisotopic (exact) mass is 192 g/mol. The summed E-state index contributed by atoms with van der Waals surface area (Å²) in [6.07, 6.45) is 0.914. The predicted molar refractivity (Wildman–Crippen MR) is 58.7 cm³/mol. The Balaban J connectivity index is 2.32. The minimum Gasteiger partial charge on any atom is -0.369 e. The molecule has 76 valence electrons. The number of hydrogen-bond acceptors (Lipinski definition) is 2. The van der Waals surface area contributed by atoms with Crippen molar-refractivity contribution in [3.63, 3.8) is 0 Å². The lowest BCUT2D eigenvalue weighted by atomic mass is 10.1. The third kappa shape index (κ3) is 3.80. The van der Waals surface area contributed by atoms with Gasteiger partial charge >= 0.3 is 0 Å². The minimum atomic E-state index is 0.0638. The number of rotatable bonds is 4. The van der Waals surface area contributed by atoms with Crippen molar-refractivity contribution in [1.82, 2.24) is 5.43 Å². The molecule has 0 saturated heterocycles. The molecule has 0 aliphatic heterocycles. The van der Waals surface area contributed by atoms with Crippen molar-refractivity contribution in [2.24, 2.45) is 16.6 Å². The highest BCUT2D eigenvalue weighted by Gasteiger charge is 1.91.